The van der Waals surface area contributed by atoms with Gasteiger partial charge in [-0.2, -0.15) is 0 Å². The second-order valence-corrected chi connectivity index (χ2v) is 7.09. The maximum Gasteiger partial charge on any atom is 0.316 e. The molecule has 0 unspecified atom stereocenters. The number of carbonyl (C=O) groups is 1. The molecule has 1 N–H and O–H groups in total. The fourth-order valence-electron chi connectivity index (χ4n) is 1.69. The molecule has 0 saturated carbocycles. The zero-order valence-corrected chi connectivity index (χ0v) is 13.3. The van der Waals surface area contributed by atoms with Crippen molar-refractivity contribution in [2.75, 3.05) is 0 Å². The molecule has 1 atom stereocenters. The van der Waals surface area contributed by atoms with E-state index < -0.39 is 11.2 Å². The molecule has 1 aromatic carbocycles. The van der Waals surface area contributed by atoms with Crippen LogP contribution in [0.25, 0.3) is 11.5 Å². The number of aliphatic carboxylic acids is 1. The molecular formula is C15H18N2O3S. The Morgan fingerprint density at radius 1 is 1.24 bits per heavy atom. The Hall–Kier alpha value is -1.82. The summed E-state index contributed by atoms with van der Waals surface area (Å²) in [5.74, 6) is -0.509. The molecular weight excluding hydrogens is 288 g/mol. The van der Waals surface area contributed by atoms with Crippen molar-refractivity contribution in [2.45, 2.75) is 43.6 Å². The molecule has 2 rings (SSSR count). The molecule has 0 radical (unpaired) electrons. The summed E-state index contributed by atoms with van der Waals surface area (Å²) in [6.45, 7) is 8.03. The van der Waals surface area contributed by atoms with Gasteiger partial charge in [-0.15, -0.1) is 10.2 Å². The van der Waals surface area contributed by atoms with Crippen LogP contribution in [0.15, 0.2) is 33.9 Å². The summed E-state index contributed by atoms with van der Waals surface area (Å²) in [6, 6.07) is 7.94. The summed E-state index contributed by atoms with van der Waals surface area (Å²) in [6.07, 6.45) is 0. The molecule has 1 aromatic heterocycles. The minimum absolute atomic E-state index is 0.0886. The Morgan fingerprint density at radius 3 is 2.38 bits per heavy atom. The third-order valence-electron chi connectivity index (χ3n) is 3.03. The van der Waals surface area contributed by atoms with E-state index in [0.717, 1.165) is 17.3 Å². The molecule has 6 heteroatoms. The van der Waals surface area contributed by atoms with Crippen LogP contribution in [0, 0.1) is 0 Å². The van der Waals surface area contributed by atoms with Crippen LogP contribution < -0.4 is 0 Å². The van der Waals surface area contributed by atoms with Crippen LogP contribution in [0.5, 0.6) is 0 Å². The van der Waals surface area contributed by atoms with Gasteiger partial charge < -0.3 is 9.52 Å². The fraction of sp³-hybridized carbons (Fsp3) is 0.400. The number of thioether (sulfide) groups is 1. The van der Waals surface area contributed by atoms with Crippen molar-refractivity contribution in [2.24, 2.45) is 0 Å². The minimum atomic E-state index is -0.908. The Bertz CT molecular complexity index is 629. The van der Waals surface area contributed by atoms with Gasteiger partial charge in [0.2, 0.25) is 5.89 Å². The summed E-state index contributed by atoms with van der Waals surface area (Å²) in [5.41, 5.74) is 2.14. The number of nitrogens with zero attached hydrogens (tertiary/aromatic N) is 2. The first kappa shape index (κ1) is 15.6. The Labute approximate surface area is 127 Å². The van der Waals surface area contributed by atoms with Crippen molar-refractivity contribution in [3.63, 3.8) is 0 Å². The summed E-state index contributed by atoms with van der Waals surface area (Å²) < 4.78 is 5.49. The lowest BCUT2D eigenvalue weighted by molar-refractivity contribution is -0.136. The molecule has 0 amide bonds. The van der Waals surface area contributed by atoms with E-state index in [1.54, 1.807) is 6.92 Å². The number of rotatable bonds is 4. The van der Waals surface area contributed by atoms with E-state index in [1.165, 1.54) is 5.56 Å². The summed E-state index contributed by atoms with van der Waals surface area (Å²) >= 11 is 1.03. The Morgan fingerprint density at radius 2 is 1.86 bits per heavy atom. The molecule has 0 fully saturated rings. The van der Waals surface area contributed by atoms with E-state index in [1.807, 2.05) is 24.3 Å². The lowest BCUT2D eigenvalue weighted by Gasteiger charge is -2.18. The SMILES string of the molecule is C[C@@H](Sc1nnc(-c2ccc(C(C)(C)C)cc2)o1)C(=O)O. The molecule has 0 aliphatic rings. The van der Waals surface area contributed by atoms with Crippen molar-refractivity contribution in [1.82, 2.24) is 10.2 Å². The van der Waals surface area contributed by atoms with Gasteiger partial charge in [0, 0.05) is 5.56 Å². The molecule has 0 aliphatic carbocycles. The molecule has 5 nitrogen and oxygen atoms in total. The molecule has 0 saturated heterocycles. The number of hydrogen-bond acceptors (Lipinski definition) is 5. The highest BCUT2D eigenvalue weighted by Crippen LogP contribution is 2.28. The Balaban J connectivity index is 2.16. The van der Waals surface area contributed by atoms with Crippen LogP contribution >= 0.6 is 11.8 Å². The van der Waals surface area contributed by atoms with Crippen molar-refractivity contribution in [3.05, 3.63) is 29.8 Å². The van der Waals surface area contributed by atoms with Gasteiger partial charge in [-0.3, -0.25) is 4.79 Å². The first-order valence-electron chi connectivity index (χ1n) is 6.61. The first-order valence-corrected chi connectivity index (χ1v) is 7.49. The topological polar surface area (TPSA) is 76.2 Å². The van der Waals surface area contributed by atoms with Gasteiger partial charge in [-0.25, -0.2) is 0 Å². The van der Waals surface area contributed by atoms with Crippen LogP contribution in [0.4, 0.5) is 0 Å². The van der Waals surface area contributed by atoms with E-state index in [9.17, 15) is 4.79 Å². The van der Waals surface area contributed by atoms with Crippen molar-refractivity contribution < 1.29 is 14.3 Å². The van der Waals surface area contributed by atoms with E-state index in [0.29, 0.717) is 5.89 Å². The number of benzene rings is 1. The monoisotopic (exact) mass is 306 g/mol. The van der Waals surface area contributed by atoms with Gasteiger partial charge in [0.1, 0.15) is 5.25 Å². The van der Waals surface area contributed by atoms with E-state index in [-0.39, 0.29) is 10.6 Å². The molecule has 0 bridgehead atoms. The zero-order valence-electron chi connectivity index (χ0n) is 12.5. The second kappa shape index (κ2) is 5.89. The maximum absolute atomic E-state index is 10.8. The second-order valence-electron chi connectivity index (χ2n) is 5.80. The molecule has 1 heterocycles. The highest BCUT2D eigenvalue weighted by Gasteiger charge is 2.18. The summed E-state index contributed by atoms with van der Waals surface area (Å²) in [4.78, 5) is 10.8. The van der Waals surface area contributed by atoms with E-state index in [4.69, 9.17) is 9.52 Å². The largest absolute Gasteiger partial charge is 0.480 e. The van der Waals surface area contributed by atoms with Crippen LogP contribution in [0.2, 0.25) is 0 Å². The van der Waals surface area contributed by atoms with Crippen LogP contribution in [-0.2, 0) is 10.2 Å². The Kier molecular flexibility index (Phi) is 4.37. The van der Waals surface area contributed by atoms with Crippen LogP contribution in [0.1, 0.15) is 33.3 Å². The number of hydrogen-bond donors (Lipinski definition) is 1. The zero-order chi connectivity index (χ0) is 15.6. The van der Waals surface area contributed by atoms with Gasteiger partial charge in [0.15, 0.2) is 0 Å². The average molecular weight is 306 g/mol. The third-order valence-corrected chi connectivity index (χ3v) is 3.95. The van der Waals surface area contributed by atoms with E-state index >= 15 is 0 Å². The van der Waals surface area contributed by atoms with Crippen molar-refractivity contribution in [1.29, 1.82) is 0 Å². The molecule has 0 spiro atoms. The van der Waals surface area contributed by atoms with Crippen molar-refractivity contribution >= 4 is 17.7 Å². The third kappa shape index (κ3) is 3.85. The average Bonchev–Trinajstić information content (AvgIpc) is 2.86. The van der Waals surface area contributed by atoms with Gasteiger partial charge in [-0.1, -0.05) is 44.7 Å². The lowest BCUT2D eigenvalue weighted by atomic mass is 9.87. The first-order chi connectivity index (χ1) is 9.77. The van der Waals surface area contributed by atoms with Crippen LogP contribution in [-0.4, -0.2) is 26.5 Å². The predicted molar refractivity (Wildman–Crippen MR) is 81.4 cm³/mol. The quantitative estimate of drug-likeness (QED) is 0.870. The molecule has 112 valence electrons. The molecule has 2 aromatic rings. The lowest BCUT2D eigenvalue weighted by Crippen LogP contribution is -2.10. The van der Waals surface area contributed by atoms with Gasteiger partial charge in [0.25, 0.3) is 5.22 Å². The molecule has 21 heavy (non-hydrogen) atoms. The number of carboxylic acid groups (broad SMARTS) is 1. The van der Waals surface area contributed by atoms with E-state index in [2.05, 4.69) is 31.0 Å². The normalized spacial score (nSPS) is 13.1. The maximum atomic E-state index is 10.8. The van der Waals surface area contributed by atoms with Gasteiger partial charge in [-0.05, 0) is 30.0 Å². The highest BCUT2D eigenvalue weighted by atomic mass is 32.2. The minimum Gasteiger partial charge on any atom is -0.480 e. The van der Waals surface area contributed by atoms with Gasteiger partial charge >= 0.3 is 5.97 Å². The standard InChI is InChI=1S/C15H18N2O3S/c1-9(13(18)19)21-14-17-16-12(20-14)10-5-7-11(8-6-10)15(2,3)4/h5-9H,1-4H3,(H,18,19)/t9-/m1/s1. The van der Waals surface area contributed by atoms with Crippen LogP contribution in [0.3, 0.4) is 0 Å². The van der Waals surface area contributed by atoms with Crippen molar-refractivity contribution in [3.8, 4) is 11.5 Å². The number of aromatic nitrogens is 2. The smallest absolute Gasteiger partial charge is 0.316 e. The molecule has 0 aliphatic heterocycles. The highest BCUT2D eigenvalue weighted by molar-refractivity contribution is 8.00. The summed E-state index contributed by atoms with van der Waals surface area (Å²) in [7, 11) is 0. The predicted octanol–water partition coefficient (Wildman–Crippen LogP) is 3.60. The fourth-order valence-corrected chi connectivity index (χ4v) is 2.31. The number of carboxylic acids is 1. The summed E-state index contributed by atoms with van der Waals surface area (Å²) in [5, 5.41) is 16.3. The van der Waals surface area contributed by atoms with Gasteiger partial charge in [0.05, 0.1) is 0 Å².